The third-order valence-electron chi connectivity index (χ3n) is 4.82. The van der Waals surface area contributed by atoms with Gasteiger partial charge in [-0.25, -0.2) is 9.67 Å². The summed E-state index contributed by atoms with van der Waals surface area (Å²) in [6.07, 6.45) is -4.54. The smallest absolute Gasteiger partial charge is 0.339 e. The number of halogens is 6. The van der Waals surface area contributed by atoms with Crippen LogP contribution in [-0.2, 0) is 17.1 Å². The molecule has 0 spiro atoms. The molecule has 1 saturated heterocycles. The first-order chi connectivity index (χ1) is 13.9. The molecule has 0 aliphatic carbocycles. The van der Waals surface area contributed by atoms with Crippen LogP contribution in [-0.4, -0.2) is 38.7 Å². The van der Waals surface area contributed by atoms with E-state index in [4.69, 9.17) is 0 Å². The van der Waals surface area contributed by atoms with Crippen molar-refractivity contribution in [2.24, 2.45) is 5.92 Å². The number of likely N-dealkylation sites (tertiary alicyclic amines) is 1. The molecular weight excluding hydrogens is 414 g/mol. The van der Waals surface area contributed by atoms with Gasteiger partial charge in [0, 0.05) is 30.9 Å². The minimum absolute atomic E-state index is 0.0402. The van der Waals surface area contributed by atoms with E-state index in [1.54, 1.807) is 4.90 Å². The minimum Gasteiger partial charge on any atom is -0.339 e. The van der Waals surface area contributed by atoms with Crippen LogP contribution in [0.3, 0.4) is 0 Å². The second-order valence-corrected chi connectivity index (χ2v) is 7.17. The summed E-state index contributed by atoms with van der Waals surface area (Å²) in [5, 5.41) is 3.87. The Labute approximate surface area is 168 Å². The predicted octanol–water partition coefficient (Wildman–Crippen LogP) is 4.71. The average molecular weight is 432 g/mol. The van der Waals surface area contributed by atoms with Crippen molar-refractivity contribution in [3.8, 4) is 11.4 Å². The number of rotatable bonds is 3. The van der Waals surface area contributed by atoms with Gasteiger partial charge < -0.3 is 4.90 Å². The van der Waals surface area contributed by atoms with Crippen LogP contribution >= 0.6 is 0 Å². The molecule has 2 aromatic rings. The van der Waals surface area contributed by atoms with E-state index < -0.39 is 29.0 Å². The van der Waals surface area contributed by atoms with Gasteiger partial charge in [-0.15, -0.1) is 5.10 Å². The maximum atomic E-state index is 13.0. The lowest BCUT2D eigenvalue weighted by Gasteiger charge is -2.29. The molecule has 5 nitrogen and oxygen atoms in total. The molecule has 0 bridgehead atoms. The first-order valence-electron chi connectivity index (χ1n) is 9.11. The van der Waals surface area contributed by atoms with Crippen molar-refractivity contribution in [2.45, 2.75) is 32.1 Å². The molecule has 1 aromatic carbocycles. The van der Waals surface area contributed by atoms with Crippen LogP contribution in [0.25, 0.3) is 17.6 Å². The zero-order chi connectivity index (χ0) is 22.1. The van der Waals surface area contributed by atoms with Gasteiger partial charge in [0.15, 0.2) is 5.82 Å². The zero-order valence-corrected chi connectivity index (χ0v) is 15.8. The second-order valence-electron chi connectivity index (χ2n) is 7.17. The summed E-state index contributed by atoms with van der Waals surface area (Å²) in [6.45, 7) is 3.35. The van der Waals surface area contributed by atoms with Crippen molar-refractivity contribution in [1.29, 1.82) is 0 Å². The van der Waals surface area contributed by atoms with E-state index in [0.717, 1.165) is 23.9 Å². The number of amides is 1. The highest BCUT2D eigenvalue weighted by atomic mass is 19.4. The number of hydrogen-bond acceptors (Lipinski definition) is 3. The van der Waals surface area contributed by atoms with E-state index in [2.05, 4.69) is 17.0 Å². The molecule has 162 valence electrons. The highest BCUT2D eigenvalue weighted by molar-refractivity contribution is 5.90. The lowest BCUT2D eigenvalue weighted by molar-refractivity contribution is -0.143. The molecule has 3 rings (SSSR count). The van der Waals surface area contributed by atoms with Gasteiger partial charge in [-0.1, -0.05) is 6.92 Å². The van der Waals surface area contributed by atoms with Crippen LogP contribution < -0.4 is 0 Å². The van der Waals surface area contributed by atoms with Crippen molar-refractivity contribution in [3.05, 3.63) is 41.7 Å². The molecular formula is C19H18F6N4O. The van der Waals surface area contributed by atoms with Crippen LogP contribution in [0.15, 0.2) is 30.6 Å². The fraction of sp³-hybridized carbons (Fsp3) is 0.421. The summed E-state index contributed by atoms with van der Waals surface area (Å²) in [5.74, 6) is -0.0298. The Morgan fingerprint density at radius 3 is 2.13 bits per heavy atom. The third-order valence-corrected chi connectivity index (χ3v) is 4.82. The molecule has 1 aliphatic rings. The lowest BCUT2D eigenvalue weighted by atomic mass is 9.99. The summed E-state index contributed by atoms with van der Waals surface area (Å²) in [4.78, 5) is 17.6. The average Bonchev–Trinajstić information content (AvgIpc) is 3.14. The molecule has 0 radical (unpaired) electrons. The van der Waals surface area contributed by atoms with Gasteiger partial charge in [-0.2, -0.15) is 26.3 Å². The first-order valence-corrected chi connectivity index (χ1v) is 9.11. The number of hydrogen-bond donors (Lipinski definition) is 0. The molecule has 30 heavy (non-hydrogen) atoms. The Kier molecular flexibility index (Phi) is 5.91. The highest BCUT2D eigenvalue weighted by Crippen LogP contribution is 2.38. The molecule has 1 aromatic heterocycles. The quantitative estimate of drug-likeness (QED) is 0.521. The fourth-order valence-corrected chi connectivity index (χ4v) is 3.04. The van der Waals surface area contributed by atoms with E-state index >= 15 is 0 Å². The number of carbonyl (C=O) groups is 1. The van der Waals surface area contributed by atoms with Crippen molar-refractivity contribution in [3.63, 3.8) is 0 Å². The van der Waals surface area contributed by atoms with Crippen LogP contribution in [0.1, 0.15) is 30.9 Å². The van der Waals surface area contributed by atoms with Gasteiger partial charge in [-0.05, 0) is 37.0 Å². The van der Waals surface area contributed by atoms with E-state index in [9.17, 15) is 31.1 Å². The van der Waals surface area contributed by atoms with Crippen LogP contribution in [0, 0.1) is 5.92 Å². The fourth-order valence-electron chi connectivity index (χ4n) is 3.04. The summed E-state index contributed by atoms with van der Waals surface area (Å²) < 4.78 is 79.1. The number of aromatic nitrogens is 3. The first kappa shape index (κ1) is 21.8. The van der Waals surface area contributed by atoms with Gasteiger partial charge in [-0.3, -0.25) is 4.79 Å². The minimum atomic E-state index is -4.96. The van der Waals surface area contributed by atoms with Gasteiger partial charge >= 0.3 is 12.4 Å². The maximum absolute atomic E-state index is 13.0. The molecule has 1 aliphatic heterocycles. The van der Waals surface area contributed by atoms with Crippen molar-refractivity contribution in [2.75, 3.05) is 13.1 Å². The van der Waals surface area contributed by atoms with E-state index in [0.29, 0.717) is 31.1 Å². The number of nitrogens with zero attached hydrogens (tertiary/aromatic N) is 4. The standard InChI is InChI=1S/C19H18F6N4O/c1-12-2-5-28(6-3-12)16(30)4-7-29-11-26-17(27-29)13-8-14(18(20,21)22)10-15(9-13)19(23,24)25/h4,7-12H,2-3,5-6H2,1H3/b7-4-. The van der Waals surface area contributed by atoms with Gasteiger partial charge in [0.25, 0.3) is 0 Å². The molecule has 0 N–H and O–H groups in total. The molecule has 0 atom stereocenters. The highest BCUT2D eigenvalue weighted by Gasteiger charge is 2.37. The van der Waals surface area contributed by atoms with E-state index in [1.165, 1.54) is 12.3 Å². The van der Waals surface area contributed by atoms with Crippen LogP contribution in [0.5, 0.6) is 0 Å². The molecule has 2 heterocycles. The molecule has 11 heteroatoms. The van der Waals surface area contributed by atoms with Crippen molar-refractivity contribution >= 4 is 12.1 Å². The second kappa shape index (κ2) is 8.11. The monoisotopic (exact) mass is 432 g/mol. The largest absolute Gasteiger partial charge is 0.416 e. The Balaban J connectivity index is 1.82. The summed E-state index contributed by atoms with van der Waals surface area (Å²) >= 11 is 0. The Bertz CT molecular complexity index is 907. The lowest BCUT2D eigenvalue weighted by Crippen LogP contribution is -2.36. The number of benzene rings is 1. The Hall–Kier alpha value is -2.85. The number of carbonyl (C=O) groups excluding carboxylic acids is 1. The Morgan fingerprint density at radius 2 is 1.60 bits per heavy atom. The van der Waals surface area contributed by atoms with Gasteiger partial charge in [0.1, 0.15) is 6.33 Å². The predicted molar refractivity (Wildman–Crippen MR) is 95.8 cm³/mol. The van der Waals surface area contributed by atoms with E-state index in [-0.39, 0.29) is 17.8 Å². The molecule has 1 amide bonds. The summed E-state index contributed by atoms with van der Waals surface area (Å²) in [7, 11) is 0. The Morgan fingerprint density at radius 1 is 1.03 bits per heavy atom. The topological polar surface area (TPSA) is 51.0 Å². The zero-order valence-electron chi connectivity index (χ0n) is 15.8. The van der Waals surface area contributed by atoms with E-state index in [1.807, 2.05) is 0 Å². The SMILES string of the molecule is CC1CCN(C(=O)/C=C\n2cnc(-c3cc(C(F)(F)F)cc(C(F)(F)F)c3)n2)CC1. The molecule has 0 saturated carbocycles. The van der Waals surface area contributed by atoms with Crippen LogP contribution in [0.2, 0.25) is 0 Å². The van der Waals surface area contributed by atoms with Crippen molar-refractivity contribution in [1.82, 2.24) is 19.7 Å². The summed E-state index contributed by atoms with van der Waals surface area (Å²) in [5.41, 5.74) is -3.33. The van der Waals surface area contributed by atoms with Crippen molar-refractivity contribution < 1.29 is 31.1 Å². The van der Waals surface area contributed by atoms with Gasteiger partial charge in [0.2, 0.25) is 5.91 Å². The molecule has 0 unspecified atom stereocenters. The normalized spacial score (nSPS) is 16.4. The number of piperidine rings is 1. The third kappa shape index (κ3) is 5.19. The number of alkyl halides is 6. The van der Waals surface area contributed by atoms with Gasteiger partial charge in [0.05, 0.1) is 11.1 Å². The summed E-state index contributed by atoms with van der Waals surface area (Å²) in [6, 6.07) is 1.15. The maximum Gasteiger partial charge on any atom is 0.416 e. The van der Waals surface area contributed by atoms with Crippen LogP contribution in [0.4, 0.5) is 26.3 Å². The molecule has 1 fully saturated rings.